The Labute approximate surface area is 64.9 Å². The molecule has 0 aliphatic carbocycles. The predicted molar refractivity (Wildman–Crippen MR) is 39.6 cm³/mol. The lowest BCUT2D eigenvalue weighted by Gasteiger charge is -2.06. The molecule has 0 amide bonds. The summed E-state index contributed by atoms with van der Waals surface area (Å²) in [6.45, 7) is 0.242. The van der Waals surface area contributed by atoms with Crippen molar-refractivity contribution in [3.8, 4) is 12.3 Å². The molecule has 0 spiro atoms. The Bertz CT molecular complexity index is 181. The SMILES string of the molecule is C#C[C@@H](CN=[N+]=[N-])OCOC. The van der Waals surface area contributed by atoms with E-state index in [1.54, 1.807) is 0 Å². The molecule has 0 aliphatic rings. The molecule has 0 saturated carbocycles. The summed E-state index contributed by atoms with van der Waals surface area (Å²) in [4.78, 5) is 2.54. The minimum atomic E-state index is -0.495. The normalized spacial score (nSPS) is 11.3. The third-order valence-electron chi connectivity index (χ3n) is 0.884. The molecular formula is C6H9N3O2. The van der Waals surface area contributed by atoms with Crippen molar-refractivity contribution in [3.63, 3.8) is 0 Å². The highest BCUT2D eigenvalue weighted by molar-refractivity contribution is 4.95. The quantitative estimate of drug-likeness (QED) is 0.195. The van der Waals surface area contributed by atoms with E-state index in [9.17, 15) is 0 Å². The van der Waals surface area contributed by atoms with E-state index in [1.807, 2.05) is 0 Å². The first-order valence-electron chi connectivity index (χ1n) is 2.92. The van der Waals surface area contributed by atoms with Gasteiger partial charge in [-0.05, 0) is 5.53 Å². The van der Waals surface area contributed by atoms with Crippen LogP contribution in [0.15, 0.2) is 5.11 Å². The molecule has 5 heteroatoms. The monoisotopic (exact) mass is 155 g/mol. The van der Waals surface area contributed by atoms with Crippen molar-refractivity contribution in [3.05, 3.63) is 10.4 Å². The van der Waals surface area contributed by atoms with E-state index < -0.39 is 6.10 Å². The fraction of sp³-hybridized carbons (Fsp3) is 0.667. The summed E-state index contributed by atoms with van der Waals surface area (Å²) in [5.74, 6) is 2.30. The van der Waals surface area contributed by atoms with E-state index in [4.69, 9.17) is 16.7 Å². The lowest BCUT2D eigenvalue weighted by Crippen LogP contribution is -2.15. The molecule has 0 aromatic carbocycles. The number of hydrogen-bond donors (Lipinski definition) is 0. The van der Waals surface area contributed by atoms with Crippen LogP contribution >= 0.6 is 0 Å². The van der Waals surface area contributed by atoms with Gasteiger partial charge in [0.25, 0.3) is 0 Å². The summed E-state index contributed by atoms with van der Waals surface area (Å²) in [5, 5.41) is 3.25. The highest BCUT2D eigenvalue weighted by atomic mass is 16.7. The van der Waals surface area contributed by atoms with Gasteiger partial charge in [0.2, 0.25) is 0 Å². The molecule has 11 heavy (non-hydrogen) atoms. The molecule has 5 nitrogen and oxygen atoms in total. The second kappa shape index (κ2) is 6.90. The molecule has 0 rings (SSSR count). The first kappa shape index (κ1) is 9.79. The fourth-order valence-corrected chi connectivity index (χ4v) is 0.414. The van der Waals surface area contributed by atoms with Crippen molar-refractivity contribution in [2.24, 2.45) is 5.11 Å². The zero-order chi connectivity index (χ0) is 8.53. The summed E-state index contributed by atoms with van der Waals surface area (Å²) < 4.78 is 9.52. The van der Waals surface area contributed by atoms with E-state index >= 15 is 0 Å². The third-order valence-corrected chi connectivity index (χ3v) is 0.884. The molecule has 0 radical (unpaired) electrons. The van der Waals surface area contributed by atoms with Crippen LogP contribution in [-0.4, -0.2) is 26.6 Å². The molecule has 1 atom stereocenters. The van der Waals surface area contributed by atoms with Gasteiger partial charge in [0.15, 0.2) is 0 Å². The maximum atomic E-state index is 7.94. The topological polar surface area (TPSA) is 67.2 Å². The average Bonchev–Trinajstić information content (AvgIpc) is 2.05. The molecule has 0 bridgehead atoms. The Balaban J connectivity index is 3.60. The van der Waals surface area contributed by atoms with Gasteiger partial charge in [-0.25, -0.2) is 0 Å². The van der Waals surface area contributed by atoms with E-state index in [0.717, 1.165) is 0 Å². The Hall–Kier alpha value is -1.21. The Morgan fingerprint density at radius 2 is 2.55 bits per heavy atom. The number of methoxy groups -OCH3 is 1. The van der Waals surface area contributed by atoms with E-state index in [-0.39, 0.29) is 13.3 Å². The molecule has 0 saturated heterocycles. The van der Waals surface area contributed by atoms with Crippen LogP contribution in [0.3, 0.4) is 0 Å². The highest BCUT2D eigenvalue weighted by Crippen LogP contribution is 1.91. The molecule has 0 unspecified atom stereocenters. The predicted octanol–water partition coefficient (Wildman–Crippen LogP) is 0.919. The molecule has 0 heterocycles. The summed E-state index contributed by atoms with van der Waals surface area (Å²) in [5.41, 5.74) is 7.94. The number of rotatable bonds is 5. The van der Waals surface area contributed by atoms with Gasteiger partial charge in [0.05, 0.1) is 6.54 Å². The molecule has 0 aliphatic heterocycles. The van der Waals surface area contributed by atoms with Crippen LogP contribution in [0, 0.1) is 12.3 Å². The van der Waals surface area contributed by atoms with Crippen molar-refractivity contribution in [1.82, 2.24) is 0 Å². The van der Waals surface area contributed by atoms with Crippen LogP contribution in [0.25, 0.3) is 10.4 Å². The van der Waals surface area contributed by atoms with Crippen molar-refractivity contribution < 1.29 is 9.47 Å². The van der Waals surface area contributed by atoms with E-state index in [1.165, 1.54) is 7.11 Å². The average molecular weight is 155 g/mol. The summed E-state index contributed by atoms with van der Waals surface area (Å²) in [6.07, 6.45) is 4.55. The summed E-state index contributed by atoms with van der Waals surface area (Å²) in [7, 11) is 1.49. The highest BCUT2D eigenvalue weighted by Gasteiger charge is 2.01. The van der Waals surface area contributed by atoms with Crippen LogP contribution in [0.2, 0.25) is 0 Å². The van der Waals surface area contributed by atoms with E-state index in [2.05, 4.69) is 20.7 Å². The van der Waals surface area contributed by atoms with Gasteiger partial charge in [-0.2, -0.15) is 0 Å². The van der Waals surface area contributed by atoms with Gasteiger partial charge in [0, 0.05) is 12.0 Å². The van der Waals surface area contributed by atoms with Crippen molar-refractivity contribution >= 4 is 0 Å². The minimum absolute atomic E-state index is 0.107. The number of hydrogen-bond acceptors (Lipinski definition) is 3. The van der Waals surface area contributed by atoms with Gasteiger partial charge in [-0.15, -0.1) is 6.42 Å². The zero-order valence-electron chi connectivity index (χ0n) is 6.23. The number of ether oxygens (including phenoxy) is 2. The zero-order valence-corrected chi connectivity index (χ0v) is 6.23. The largest absolute Gasteiger partial charge is 0.359 e. The summed E-state index contributed by atoms with van der Waals surface area (Å²) >= 11 is 0. The van der Waals surface area contributed by atoms with Gasteiger partial charge in [-0.1, -0.05) is 11.0 Å². The first-order valence-corrected chi connectivity index (χ1v) is 2.92. The van der Waals surface area contributed by atoms with Crippen molar-refractivity contribution in [1.29, 1.82) is 0 Å². The second-order valence-electron chi connectivity index (χ2n) is 1.64. The van der Waals surface area contributed by atoms with Crippen molar-refractivity contribution in [2.45, 2.75) is 6.10 Å². The molecule has 0 fully saturated rings. The van der Waals surface area contributed by atoms with Crippen LogP contribution in [-0.2, 0) is 9.47 Å². The molecule has 0 N–H and O–H groups in total. The van der Waals surface area contributed by atoms with Crippen LogP contribution < -0.4 is 0 Å². The van der Waals surface area contributed by atoms with Gasteiger partial charge in [-0.3, -0.25) is 0 Å². The fourth-order valence-electron chi connectivity index (χ4n) is 0.414. The van der Waals surface area contributed by atoms with Crippen LogP contribution in [0.1, 0.15) is 0 Å². The number of nitrogens with zero attached hydrogens (tertiary/aromatic N) is 3. The molecule has 0 aromatic rings. The van der Waals surface area contributed by atoms with Gasteiger partial charge < -0.3 is 9.47 Å². The minimum Gasteiger partial charge on any atom is -0.359 e. The molecule has 60 valence electrons. The first-order chi connectivity index (χ1) is 5.35. The Morgan fingerprint density at radius 1 is 1.82 bits per heavy atom. The standard InChI is InChI=1S/C6H9N3O2/c1-3-6(4-8-9-7)11-5-10-2/h1,6H,4-5H2,2H3/t6-/m0/s1. The molecule has 0 aromatic heterocycles. The Kier molecular flexibility index (Phi) is 6.14. The van der Waals surface area contributed by atoms with Gasteiger partial charge >= 0.3 is 0 Å². The Morgan fingerprint density at radius 3 is 3.00 bits per heavy atom. The van der Waals surface area contributed by atoms with Crippen LogP contribution in [0.4, 0.5) is 0 Å². The lowest BCUT2D eigenvalue weighted by atomic mass is 10.4. The third kappa shape index (κ3) is 5.25. The second-order valence-corrected chi connectivity index (χ2v) is 1.64. The smallest absolute Gasteiger partial charge is 0.148 e. The van der Waals surface area contributed by atoms with Crippen molar-refractivity contribution in [2.75, 3.05) is 20.4 Å². The van der Waals surface area contributed by atoms with Gasteiger partial charge in [0.1, 0.15) is 12.9 Å². The maximum absolute atomic E-state index is 7.94. The van der Waals surface area contributed by atoms with E-state index in [0.29, 0.717) is 0 Å². The number of azide groups is 1. The lowest BCUT2D eigenvalue weighted by molar-refractivity contribution is -0.0491. The maximum Gasteiger partial charge on any atom is 0.148 e. The van der Waals surface area contributed by atoms with Crippen LogP contribution in [0.5, 0.6) is 0 Å². The molecular weight excluding hydrogens is 146 g/mol. The number of terminal acetylenes is 1. The summed E-state index contributed by atoms with van der Waals surface area (Å²) in [6, 6.07) is 0.